The van der Waals surface area contributed by atoms with Crippen molar-refractivity contribution in [3.8, 4) is 11.3 Å². The minimum absolute atomic E-state index is 0.0727. The number of anilines is 2. The van der Waals surface area contributed by atoms with Gasteiger partial charge in [-0.25, -0.2) is 13.4 Å². The third-order valence-corrected chi connectivity index (χ3v) is 7.30. The Balaban J connectivity index is 1.50. The number of amides is 1. The van der Waals surface area contributed by atoms with Gasteiger partial charge in [-0.2, -0.15) is 0 Å². The van der Waals surface area contributed by atoms with Gasteiger partial charge in [-0.1, -0.05) is 35.4 Å². The number of hydrogen-bond acceptors (Lipinski definition) is 5. The van der Waals surface area contributed by atoms with Crippen LogP contribution in [0, 0.1) is 13.8 Å². The average molecular weight is 498 g/mol. The molecule has 4 aromatic rings. The molecule has 3 aromatic carbocycles. The number of thiazole rings is 1. The predicted molar refractivity (Wildman–Crippen MR) is 134 cm³/mol. The highest BCUT2D eigenvalue weighted by atomic mass is 35.5. The van der Waals surface area contributed by atoms with Gasteiger partial charge in [0.2, 0.25) is 0 Å². The van der Waals surface area contributed by atoms with Gasteiger partial charge in [-0.3, -0.25) is 14.8 Å². The van der Waals surface area contributed by atoms with Crippen LogP contribution in [0.25, 0.3) is 11.3 Å². The van der Waals surface area contributed by atoms with Crippen molar-refractivity contribution in [2.45, 2.75) is 18.7 Å². The molecule has 0 radical (unpaired) electrons. The summed E-state index contributed by atoms with van der Waals surface area (Å²) in [6, 6.07) is 18.2. The largest absolute Gasteiger partial charge is 0.298 e. The molecule has 0 saturated heterocycles. The Hall–Kier alpha value is -3.20. The molecule has 0 saturated carbocycles. The van der Waals surface area contributed by atoms with Crippen LogP contribution in [0.4, 0.5) is 10.8 Å². The lowest BCUT2D eigenvalue weighted by Gasteiger charge is -2.09. The van der Waals surface area contributed by atoms with E-state index in [0.717, 1.165) is 22.4 Å². The van der Waals surface area contributed by atoms with Crippen molar-refractivity contribution >= 4 is 49.7 Å². The van der Waals surface area contributed by atoms with E-state index in [1.54, 1.807) is 18.2 Å². The molecule has 0 spiro atoms. The number of hydrogen-bond donors (Lipinski definition) is 2. The minimum atomic E-state index is -3.82. The van der Waals surface area contributed by atoms with Crippen LogP contribution >= 0.6 is 22.9 Å². The van der Waals surface area contributed by atoms with E-state index in [1.807, 2.05) is 31.4 Å². The van der Waals surface area contributed by atoms with Crippen molar-refractivity contribution in [1.29, 1.82) is 0 Å². The number of carbonyl (C=O) groups is 1. The Morgan fingerprint density at radius 2 is 1.76 bits per heavy atom. The number of benzene rings is 3. The first-order valence-corrected chi connectivity index (χ1v) is 12.7. The Kier molecular flexibility index (Phi) is 6.51. The lowest BCUT2D eigenvalue weighted by Crippen LogP contribution is -2.15. The molecule has 0 fully saturated rings. The van der Waals surface area contributed by atoms with Gasteiger partial charge in [0.1, 0.15) is 0 Å². The van der Waals surface area contributed by atoms with Crippen molar-refractivity contribution in [3.63, 3.8) is 0 Å². The highest BCUT2D eigenvalue weighted by Gasteiger charge is 2.16. The van der Waals surface area contributed by atoms with Crippen LogP contribution in [0.3, 0.4) is 0 Å². The zero-order valence-corrected chi connectivity index (χ0v) is 20.2. The van der Waals surface area contributed by atoms with E-state index in [1.165, 1.54) is 41.7 Å². The summed E-state index contributed by atoms with van der Waals surface area (Å²) in [6.07, 6.45) is 0. The summed E-state index contributed by atoms with van der Waals surface area (Å²) < 4.78 is 27.7. The number of nitrogens with one attached hydrogen (secondary N) is 2. The first kappa shape index (κ1) is 23.0. The summed E-state index contributed by atoms with van der Waals surface area (Å²) in [4.78, 5) is 17.4. The molecule has 2 N–H and O–H groups in total. The van der Waals surface area contributed by atoms with E-state index in [2.05, 4.69) is 21.1 Å². The maximum atomic E-state index is 12.8. The number of aryl methyl sites for hydroxylation is 2. The summed E-state index contributed by atoms with van der Waals surface area (Å²) in [6.45, 7) is 4.04. The highest BCUT2D eigenvalue weighted by molar-refractivity contribution is 7.92. The standard InChI is InChI=1S/C24H20ClN3O3S2/c1-15-6-7-16(2)21(12-15)22-14-32-24(26-22)27-23(29)17-4-3-5-19(13-17)28-33(30,31)20-10-8-18(25)9-11-20/h3-14,28H,1-2H3,(H,26,27,29). The predicted octanol–water partition coefficient (Wildman–Crippen LogP) is 6.13. The second-order valence-corrected chi connectivity index (χ2v) is 10.4. The van der Waals surface area contributed by atoms with Gasteiger partial charge in [0.05, 0.1) is 10.6 Å². The van der Waals surface area contributed by atoms with Crippen LogP contribution in [0.1, 0.15) is 21.5 Å². The van der Waals surface area contributed by atoms with Crippen LogP contribution in [-0.2, 0) is 10.0 Å². The number of sulfonamides is 1. The fraction of sp³-hybridized carbons (Fsp3) is 0.0833. The van der Waals surface area contributed by atoms with Gasteiger partial charge in [0.25, 0.3) is 15.9 Å². The van der Waals surface area contributed by atoms with Gasteiger partial charge in [-0.05, 0) is 67.9 Å². The maximum absolute atomic E-state index is 12.8. The zero-order chi connectivity index (χ0) is 23.6. The van der Waals surface area contributed by atoms with Gasteiger partial charge >= 0.3 is 0 Å². The topological polar surface area (TPSA) is 88.2 Å². The summed E-state index contributed by atoms with van der Waals surface area (Å²) in [5.74, 6) is -0.385. The molecule has 168 valence electrons. The average Bonchev–Trinajstić information content (AvgIpc) is 3.24. The molecule has 1 heterocycles. The Labute approximate surface area is 201 Å². The third kappa shape index (κ3) is 5.42. The van der Waals surface area contributed by atoms with E-state index in [4.69, 9.17) is 11.6 Å². The second-order valence-electron chi connectivity index (χ2n) is 7.45. The van der Waals surface area contributed by atoms with E-state index >= 15 is 0 Å². The molecule has 6 nitrogen and oxygen atoms in total. The van der Waals surface area contributed by atoms with Crippen molar-refractivity contribution in [1.82, 2.24) is 4.98 Å². The monoisotopic (exact) mass is 497 g/mol. The van der Waals surface area contributed by atoms with E-state index in [0.29, 0.717) is 15.7 Å². The summed E-state index contributed by atoms with van der Waals surface area (Å²) in [5, 5.41) is 5.59. The molecule has 0 aliphatic rings. The first-order chi connectivity index (χ1) is 15.7. The van der Waals surface area contributed by atoms with Crippen molar-refractivity contribution < 1.29 is 13.2 Å². The van der Waals surface area contributed by atoms with Crippen LogP contribution in [0.15, 0.2) is 77.0 Å². The molecule has 1 aromatic heterocycles. The van der Waals surface area contributed by atoms with E-state index < -0.39 is 10.0 Å². The molecular weight excluding hydrogens is 478 g/mol. The van der Waals surface area contributed by atoms with Crippen LogP contribution in [0.5, 0.6) is 0 Å². The number of aromatic nitrogens is 1. The summed E-state index contributed by atoms with van der Waals surface area (Å²) in [7, 11) is -3.82. The van der Waals surface area contributed by atoms with E-state index in [-0.39, 0.29) is 16.5 Å². The number of rotatable bonds is 6. The molecular formula is C24H20ClN3O3S2. The Morgan fingerprint density at radius 1 is 1.00 bits per heavy atom. The maximum Gasteiger partial charge on any atom is 0.261 e. The SMILES string of the molecule is Cc1ccc(C)c(-c2csc(NC(=O)c3cccc(NS(=O)(=O)c4ccc(Cl)cc4)c3)n2)c1. The number of halogens is 1. The molecule has 0 bridgehead atoms. The number of nitrogens with zero attached hydrogens (tertiary/aromatic N) is 1. The van der Waals surface area contributed by atoms with Crippen LogP contribution < -0.4 is 10.0 Å². The van der Waals surface area contributed by atoms with Crippen LogP contribution in [0.2, 0.25) is 5.02 Å². The lowest BCUT2D eigenvalue weighted by atomic mass is 10.0. The highest BCUT2D eigenvalue weighted by Crippen LogP contribution is 2.28. The molecule has 1 amide bonds. The molecule has 0 atom stereocenters. The Bertz CT molecular complexity index is 1430. The minimum Gasteiger partial charge on any atom is -0.298 e. The van der Waals surface area contributed by atoms with E-state index in [9.17, 15) is 13.2 Å². The third-order valence-electron chi connectivity index (χ3n) is 4.89. The number of carbonyl (C=O) groups excluding carboxylic acids is 1. The van der Waals surface area contributed by atoms with Crippen LogP contribution in [-0.4, -0.2) is 19.3 Å². The summed E-state index contributed by atoms with van der Waals surface area (Å²) in [5.41, 5.74) is 4.62. The van der Waals surface area contributed by atoms with Gasteiger partial charge in [-0.15, -0.1) is 11.3 Å². The molecule has 0 aliphatic heterocycles. The zero-order valence-electron chi connectivity index (χ0n) is 17.8. The first-order valence-electron chi connectivity index (χ1n) is 9.94. The van der Waals surface area contributed by atoms with Gasteiger partial charge < -0.3 is 0 Å². The quantitative estimate of drug-likeness (QED) is 0.335. The van der Waals surface area contributed by atoms with Crippen molar-refractivity contribution in [2.24, 2.45) is 0 Å². The molecule has 0 unspecified atom stereocenters. The lowest BCUT2D eigenvalue weighted by molar-refractivity contribution is 0.102. The van der Waals surface area contributed by atoms with Crippen molar-refractivity contribution in [3.05, 3.63) is 93.8 Å². The Morgan fingerprint density at radius 3 is 2.52 bits per heavy atom. The molecule has 0 aliphatic carbocycles. The van der Waals surface area contributed by atoms with Gasteiger partial charge in [0, 0.05) is 27.2 Å². The smallest absolute Gasteiger partial charge is 0.261 e. The summed E-state index contributed by atoms with van der Waals surface area (Å²) >= 11 is 7.16. The normalized spacial score (nSPS) is 11.2. The molecule has 4 rings (SSSR count). The fourth-order valence-electron chi connectivity index (χ4n) is 3.19. The van der Waals surface area contributed by atoms with Gasteiger partial charge in [0.15, 0.2) is 5.13 Å². The second kappa shape index (κ2) is 9.35. The molecule has 33 heavy (non-hydrogen) atoms. The molecule has 9 heteroatoms. The van der Waals surface area contributed by atoms with Crippen molar-refractivity contribution in [2.75, 3.05) is 10.0 Å². The fourth-order valence-corrected chi connectivity index (χ4v) is 5.07.